The first kappa shape index (κ1) is 21.6. The van der Waals surface area contributed by atoms with Gasteiger partial charge in [-0.2, -0.15) is 0 Å². The van der Waals surface area contributed by atoms with E-state index in [0.29, 0.717) is 11.6 Å². The topological polar surface area (TPSA) is 75.7 Å². The second-order valence-electron chi connectivity index (χ2n) is 8.04. The lowest BCUT2D eigenvalue weighted by molar-refractivity contribution is -0.158. The fourth-order valence-corrected chi connectivity index (χ4v) is 4.18. The summed E-state index contributed by atoms with van der Waals surface area (Å²) in [5.74, 6) is -1.42. The molecule has 1 aromatic carbocycles. The Morgan fingerprint density at radius 2 is 1.90 bits per heavy atom. The highest BCUT2D eigenvalue weighted by atomic mass is 35.5. The summed E-state index contributed by atoms with van der Waals surface area (Å²) in [5.41, 5.74) is 0.840. The Morgan fingerprint density at radius 3 is 2.59 bits per heavy atom. The highest BCUT2D eigenvalue weighted by Gasteiger charge is 2.37. The van der Waals surface area contributed by atoms with Gasteiger partial charge in [-0.25, -0.2) is 0 Å². The van der Waals surface area contributed by atoms with Crippen LogP contribution in [0.15, 0.2) is 24.3 Å². The van der Waals surface area contributed by atoms with Crippen LogP contribution in [-0.2, 0) is 25.7 Å². The molecule has 1 N–H and O–H groups in total. The Bertz CT molecular complexity index is 746. The Morgan fingerprint density at radius 1 is 1.21 bits per heavy atom. The second-order valence-corrected chi connectivity index (χ2v) is 8.45. The molecule has 7 heteroatoms. The van der Waals surface area contributed by atoms with Crippen molar-refractivity contribution in [2.45, 2.75) is 70.6 Å². The number of nitrogens with one attached hydrogen (secondary N) is 1. The van der Waals surface area contributed by atoms with E-state index in [1.54, 1.807) is 17.9 Å². The molecule has 1 aliphatic carbocycles. The third kappa shape index (κ3) is 5.95. The third-order valence-electron chi connectivity index (χ3n) is 5.73. The van der Waals surface area contributed by atoms with Crippen LogP contribution in [0.1, 0.15) is 57.4 Å². The number of esters is 1. The first-order valence-corrected chi connectivity index (χ1v) is 10.8. The van der Waals surface area contributed by atoms with Gasteiger partial charge >= 0.3 is 5.97 Å². The van der Waals surface area contributed by atoms with Crippen molar-refractivity contribution in [2.24, 2.45) is 5.92 Å². The molecule has 2 atom stereocenters. The summed E-state index contributed by atoms with van der Waals surface area (Å²) in [6.07, 6.45) is 5.82. The van der Waals surface area contributed by atoms with Crippen LogP contribution in [0.3, 0.4) is 0 Å². The molecule has 0 bridgehead atoms. The number of halogens is 1. The summed E-state index contributed by atoms with van der Waals surface area (Å²) in [6.45, 7) is 2.22. The van der Waals surface area contributed by atoms with Crippen molar-refractivity contribution in [1.82, 2.24) is 10.2 Å². The SMILES string of the molecule is C[C@@H](OC(=O)[C@@H]1CC(=O)N(Cc2ccccc2Cl)C1)C(=O)NC1CCCCCC1. The lowest BCUT2D eigenvalue weighted by atomic mass is 10.1. The quantitative estimate of drug-likeness (QED) is 0.564. The van der Waals surface area contributed by atoms with Gasteiger partial charge in [-0.1, -0.05) is 55.5 Å². The Hall–Kier alpha value is -2.08. The molecule has 29 heavy (non-hydrogen) atoms. The van der Waals surface area contributed by atoms with Gasteiger partial charge in [0, 0.05) is 30.6 Å². The Balaban J connectivity index is 1.49. The van der Waals surface area contributed by atoms with Gasteiger partial charge in [0.1, 0.15) is 0 Å². The number of likely N-dealkylation sites (tertiary alicyclic amines) is 1. The van der Waals surface area contributed by atoms with Crippen molar-refractivity contribution in [3.63, 3.8) is 0 Å². The van der Waals surface area contributed by atoms with Crippen molar-refractivity contribution in [1.29, 1.82) is 0 Å². The molecule has 6 nitrogen and oxygen atoms in total. The van der Waals surface area contributed by atoms with Gasteiger partial charge in [0.05, 0.1) is 5.92 Å². The minimum atomic E-state index is -0.863. The zero-order valence-corrected chi connectivity index (χ0v) is 17.6. The van der Waals surface area contributed by atoms with Gasteiger partial charge < -0.3 is 15.0 Å². The van der Waals surface area contributed by atoms with E-state index in [-0.39, 0.29) is 30.8 Å². The molecule has 3 rings (SSSR count). The highest BCUT2D eigenvalue weighted by Crippen LogP contribution is 2.25. The van der Waals surface area contributed by atoms with E-state index in [9.17, 15) is 14.4 Å². The van der Waals surface area contributed by atoms with Crippen molar-refractivity contribution in [2.75, 3.05) is 6.54 Å². The summed E-state index contributed by atoms with van der Waals surface area (Å²) in [7, 11) is 0. The average molecular weight is 421 g/mol. The maximum atomic E-state index is 12.5. The number of hydrogen-bond donors (Lipinski definition) is 1. The second kappa shape index (κ2) is 10.1. The van der Waals surface area contributed by atoms with Crippen LogP contribution in [0.2, 0.25) is 5.02 Å². The molecule has 0 aromatic heterocycles. The number of hydrogen-bond acceptors (Lipinski definition) is 4. The van der Waals surface area contributed by atoms with E-state index in [4.69, 9.17) is 16.3 Å². The van der Waals surface area contributed by atoms with Gasteiger partial charge in [0.25, 0.3) is 5.91 Å². The van der Waals surface area contributed by atoms with E-state index in [2.05, 4.69) is 5.32 Å². The van der Waals surface area contributed by atoms with Gasteiger partial charge in [0.15, 0.2) is 6.10 Å². The number of nitrogens with zero attached hydrogens (tertiary/aromatic N) is 1. The van der Waals surface area contributed by atoms with E-state index in [0.717, 1.165) is 31.2 Å². The largest absolute Gasteiger partial charge is 0.452 e. The fourth-order valence-electron chi connectivity index (χ4n) is 3.98. The molecule has 2 aliphatic rings. The van der Waals surface area contributed by atoms with Crippen LogP contribution in [0.4, 0.5) is 0 Å². The zero-order valence-electron chi connectivity index (χ0n) is 16.9. The molecule has 1 aliphatic heterocycles. The molecule has 1 heterocycles. The van der Waals surface area contributed by atoms with Crippen LogP contribution in [0.25, 0.3) is 0 Å². The average Bonchev–Trinajstić information content (AvgIpc) is 2.89. The van der Waals surface area contributed by atoms with Crippen LogP contribution in [-0.4, -0.2) is 41.4 Å². The number of carbonyl (C=O) groups excluding carboxylic acids is 3. The predicted octanol–water partition coefficient (Wildman–Crippen LogP) is 3.46. The molecule has 0 radical (unpaired) electrons. The van der Waals surface area contributed by atoms with Crippen molar-refractivity contribution in [3.05, 3.63) is 34.9 Å². The van der Waals surface area contributed by atoms with Crippen LogP contribution >= 0.6 is 11.6 Å². The van der Waals surface area contributed by atoms with Gasteiger partial charge in [-0.3, -0.25) is 14.4 Å². The van der Waals surface area contributed by atoms with Crippen LogP contribution < -0.4 is 5.32 Å². The molecule has 2 amide bonds. The Kier molecular flexibility index (Phi) is 7.53. The summed E-state index contributed by atoms with van der Waals surface area (Å²) in [5, 5.41) is 3.60. The van der Waals surface area contributed by atoms with Gasteiger partial charge in [-0.15, -0.1) is 0 Å². The van der Waals surface area contributed by atoms with E-state index < -0.39 is 18.0 Å². The van der Waals surface area contributed by atoms with Gasteiger partial charge in [-0.05, 0) is 31.4 Å². The first-order valence-electron chi connectivity index (χ1n) is 10.5. The summed E-state index contributed by atoms with van der Waals surface area (Å²) < 4.78 is 5.38. The monoisotopic (exact) mass is 420 g/mol. The number of benzene rings is 1. The highest BCUT2D eigenvalue weighted by molar-refractivity contribution is 6.31. The lowest BCUT2D eigenvalue weighted by Gasteiger charge is -2.21. The summed E-state index contributed by atoms with van der Waals surface area (Å²) in [6, 6.07) is 7.49. The van der Waals surface area contributed by atoms with Crippen molar-refractivity contribution in [3.8, 4) is 0 Å². The number of amides is 2. The standard InChI is InChI=1S/C22H29ClN2O4/c1-15(21(27)24-18-9-4-2-3-5-10-18)29-22(28)17-12-20(26)25(14-17)13-16-8-6-7-11-19(16)23/h6-8,11,15,17-18H,2-5,9-10,12-14H2,1H3,(H,24,27)/t15-,17-/m1/s1. The smallest absolute Gasteiger partial charge is 0.312 e. The van der Waals surface area contributed by atoms with Crippen molar-refractivity contribution < 1.29 is 19.1 Å². The molecule has 1 saturated heterocycles. The molecular weight excluding hydrogens is 392 g/mol. The summed E-state index contributed by atoms with van der Waals surface area (Å²) in [4.78, 5) is 38.8. The normalized spacial score (nSPS) is 21.5. The van der Waals surface area contributed by atoms with Gasteiger partial charge in [0.2, 0.25) is 5.91 Å². The molecule has 1 aromatic rings. The number of carbonyl (C=O) groups is 3. The molecular formula is C22H29ClN2O4. The minimum absolute atomic E-state index is 0.0975. The van der Waals surface area contributed by atoms with Crippen LogP contribution in [0.5, 0.6) is 0 Å². The van der Waals surface area contributed by atoms with Crippen molar-refractivity contribution >= 4 is 29.4 Å². The zero-order chi connectivity index (χ0) is 20.8. The molecule has 0 unspecified atom stereocenters. The lowest BCUT2D eigenvalue weighted by Crippen LogP contribution is -2.42. The maximum Gasteiger partial charge on any atom is 0.312 e. The number of rotatable bonds is 6. The van der Waals surface area contributed by atoms with Crippen LogP contribution in [0, 0.1) is 5.92 Å². The molecule has 1 saturated carbocycles. The van der Waals surface area contributed by atoms with E-state index in [1.807, 2.05) is 18.2 Å². The molecule has 158 valence electrons. The maximum absolute atomic E-state index is 12.5. The number of ether oxygens (including phenoxy) is 1. The van der Waals surface area contributed by atoms with E-state index in [1.165, 1.54) is 12.8 Å². The molecule has 2 fully saturated rings. The minimum Gasteiger partial charge on any atom is -0.452 e. The van der Waals surface area contributed by atoms with E-state index >= 15 is 0 Å². The molecule has 0 spiro atoms. The summed E-state index contributed by atoms with van der Waals surface area (Å²) >= 11 is 6.17. The fraction of sp³-hybridized carbons (Fsp3) is 0.591. The third-order valence-corrected chi connectivity index (χ3v) is 6.10. The Labute approximate surface area is 176 Å². The predicted molar refractivity (Wildman–Crippen MR) is 110 cm³/mol. The first-order chi connectivity index (χ1) is 13.9.